The molecule has 0 unspecified atom stereocenters. The number of benzene rings is 11. The molecule has 0 spiro atoms. The largest absolute Gasteiger partial charge is 0.310 e. The Morgan fingerprint density at radius 2 is 0.884 bits per heavy atom. The monoisotopic (exact) mass is 914 g/mol. The van der Waals surface area contributed by atoms with Crippen LogP contribution in [-0.4, -0.2) is 0 Å². The second kappa shape index (κ2) is 15.9. The van der Waals surface area contributed by atoms with Crippen molar-refractivity contribution in [3.8, 4) is 11.1 Å². The van der Waals surface area contributed by atoms with Crippen molar-refractivity contribution in [2.24, 2.45) is 0 Å². The highest BCUT2D eigenvalue weighted by molar-refractivity contribution is 7.26. The summed E-state index contributed by atoms with van der Waals surface area (Å²) in [4.78, 5) is 5.00. The number of anilines is 6. The van der Waals surface area contributed by atoms with Gasteiger partial charge in [0.1, 0.15) is 0 Å². The predicted molar refractivity (Wildman–Crippen MR) is 296 cm³/mol. The van der Waals surface area contributed by atoms with Crippen LogP contribution in [0.15, 0.2) is 255 Å². The smallest absolute Gasteiger partial charge is 0.0718 e. The fraction of sp³-hybridized carbons (Fsp3) is 0.0154. The molecule has 4 heteroatoms. The fourth-order valence-corrected chi connectivity index (χ4v) is 13.7. The molecule has 0 aliphatic heterocycles. The van der Waals surface area contributed by atoms with E-state index in [0.717, 1.165) is 28.4 Å². The Labute approximate surface area is 408 Å². The molecule has 0 radical (unpaired) electrons. The second-order valence-corrected chi connectivity index (χ2v) is 20.1. The average molecular weight is 915 g/mol. The SMILES string of the molecule is c1ccc(N(c2ccccc2)c2cccc3sc4c(N(c5ccc6c(c5)C(c5ccccc5)(c5ccccc5)c5ccccc5-6)c5ccc6sc7ccccc7c6c5)c5ccccc5cc4c23)cc1. The topological polar surface area (TPSA) is 6.48 Å². The van der Waals surface area contributed by atoms with Gasteiger partial charge in [-0.3, -0.25) is 0 Å². The van der Waals surface area contributed by atoms with Crippen molar-refractivity contribution in [2.75, 3.05) is 9.80 Å². The van der Waals surface area contributed by atoms with Crippen LogP contribution in [0.1, 0.15) is 22.3 Å². The van der Waals surface area contributed by atoms with E-state index in [1.165, 1.54) is 90.2 Å². The van der Waals surface area contributed by atoms with Crippen molar-refractivity contribution < 1.29 is 0 Å². The number of thiophene rings is 2. The highest BCUT2D eigenvalue weighted by Gasteiger charge is 2.46. The molecule has 1 aliphatic rings. The molecule has 13 aromatic rings. The van der Waals surface area contributed by atoms with Crippen molar-refractivity contribution in [3.63, 3.8) is 0 Å². The molecule has 0 saturated heterocycles. The van der Waals surface area contributed by atoms with Gasteiger partial charge in [0, 0.05) is 63.8 Å². The number of rotatable bonds is 8. The van der Waals surface area contributed by atoms with Crippen LogP contribution in [0.25, 0.3) is 62.2 Å². The Morgan fingerprint density at radius 1 is 0.319 bits per heavy atom. The summed E-state index contributed by atoms with van der Waals surface area (Å²) in [5.41, 5.74) is 13.9. The van der Waals surface area contributed by atoms with Crippen molar-refractivity contribution in [3.05, 3.63) is 277 Å². The molecule has 0 bridgehead atoms. The zero-order valence-electron chi connectivity index (χ0n) is 37.5. The van der Waals surface area contributed by atoms with Gasteiger partial charge in [0.2, 0.25) is 0 Å². The van der Waals surface area contributed by atoms with E-state index in [1.54, 1.807) is 0 Å². The van der Waals surface area contributed by atoms with E-state index in [2.05, 4.69) is 265 Å². The van der Waals surface area contributed by atoms with Gasteiger partial charge in [0.25, 0.3) is 0 Å². The van der Waals surface area contributed by atoms with Crippen LogP contribution in [0.4, 0.5) is 34.1 Å². The van der Waals surface area contributed by atoms with Crippen LogP contribution in [0.3, 0.4) is 0 Å². The summed E-state index contributed by atoms with van der Waals surface area (Å²) in [7, 11) is 0. The maximum absolute atomic E-state index is 2.59. The fourth-order valence-electron chi connectivity index (χ4n) is 11.4. The predicted octanol–water partition coefficient (Wildman–Crippen LogP) is 18.9. The third-order valence-corrected chi connectivity index (χ3v) is 16.6. The van der Waals surface area contributed by atoms with Crippen LogP contribution in [0.5, 0.6) is 0 Å². The third kappa shape index (κ3) is 6.09. The Hall–Kier alpha value is -8.28. The van der Waals surface area contributed by atoms with Gasteiger partial charge in [-0.25, -0.2) is 0 Å². The number of para-hydroxylation sites is 2. The molecule has 0 atom stereocenters. The normalized spacial score (nSPS) is 12.8. The first kappa shape index (κ1) is 39.8. The second-order valence-electron chi connectivity index (χ2n) is 18.0. The van der Waals surface area contributed by atoms with Crippen LogP contribution < -0.4 is 9.80 Å². The van der Waals surface area contributed by atoms with Crippen molar-refractivity contribution in [2.45, 2.75) is 5.41 Å². The molecule has 0 fully saturated rings. The van der Waals surface area contributed by atoms with Gasteiger partial charge in [-0.2, -0.15) is 0 Å². The highest BCUT2D eigenvalue weighted by atomic mass is 32.1. The lowest BCUT2D eigenvalue weighted by molar-refractivity contribution is 0.768. The minimum absolute atomic E-state index is 0.553. The molecule has 11 aromatic carbocycles. The van der Waals surface area contributed by atoms with E-state index in [-0.39, 0.29) is 0 Å². The maximum Gasteiger partial charge on any atom is 0.0718 e. The highest BCUT2D eigenvalue weighted by Crippen LogP contribution is 2.59. The first-order chi connectivity index (χ1) is 34.2. The van der Waals surface area contributed by atoms with Crippen LogP contribution in [-0.2, 0) is 5.41 Å². The zero-order valence-corrected chi connectivity index (χ0v) is 39.1. The first-order valence-electron chi connectivity index (χ1n) is 23.6. The summed E-state index contributed by atoms with van der Waals surface area (Å²) < 4.78 is 5.07. The van der Waals surface area contributed by atoms with Gasteiger partial charge in [-0.05, 0) is 118 Å². The van der Waals surface area contributed by atoms with E-state index in [1.807, 2.05) is 22.7 Å². The minimum atomic E-state index is -0.553. The van der Waals surface area contributed by atoms with Gasteiger partial charge in [-0.1, -0.05) is 176 Å². The van der Waals surface area contributed by atoms with Gasteiger partial charge >= 0.3 is 0 Å². The third-order valence-electron chi connectivity index (χ3n) is 14.3. The van der Waals surface area contributed by atoms with E-state index in [9.17, 15) is 0 Å². The van der Waals surface area contributed by atoms with Crippen LogP contribution >= 0.6 is 22.7 Å². The lowest BCUT2D eigenvalue weighted by atomic mass is 9.67. The molecule has 14 rings (SSSR count). The Kier molecular flexibility index (Phi) is 9.20. The van der Waals surface area contributed by atoms with Crippen molar-refractivity contribution >= 4 is 108 Å². The molecule has 1 aliphatic carbocycles. The first-order valence-corrected chi connectivity index (χ1v) is 25.2. The Bertz CT molecular complexity index is 4000. The van der Waals surface area contributed by atoms with Crippen LogP contribution in [0.2, 0.25) is 0 Å². The summed E-state index contributed by atoms with van der Waals surface area (Å²) in [5, 5.41) is 7.44. The molecule has 0 amide bonds. The maximum atomic E-state index is 2.59. The molecule has 2 aromatic heterocycles. The quantitative estimate of drug-likeness (QED) is 0.150. The number of hydrogen-bond donors (Lipinski definition) is 0. The van der Waals surface area contributed by atoms with E-state index < -0.39 is 5.41 Å². The molecular weight excluding hydrogens is 873 g/mol. The summed E-state index contributed by atoms with van der Waals surface area (Å²) in [5.74, 6) is 0. The van der Waals surface area contributed by atoms with Gasteiger partial charge in [-0.15, -0.1) is 22.7 Å². The number of hydrogen-bond acceptors (Lipinski definition) is 4. The summed E-state index contributed by atoms with van der Waals surface area (Å²) in [6.45, 7) is 0. The lowest BCUT2D eigenvalue weighted by Crippen LogP contribution is -2.28. The average Bonchev–Trinajstić information content (AvgIpc) is 4.08. The Balaban J connectivity index is 1.10. The van der Waals surface area contributed by atoms with Gasteiger partial charge < -0.3 is 9.80 Å². The molecule has 324 valence electrons. The van der Waals surface area contributed by atoms with E-state index in [0.29, 0.717) is 0 Å². The van der Waals surface area contributed by atoms with Crippen LogP contribution in [0, 0.1) is 0 Å². The number of fused-ring (bicyclic) bond motifs is 10. The van der Waals surface area contributed by atoms with Gasteiger partial charge in [0.15, 0.2) is 0 Å². The van der Waals surface area contributed by atoms with Crippen molar-refractivity contribution in [1.82, 2.24) is 0 Å². The molecule has 2 heterocycles. The van der Waals surface area contributed by atoms with E-state index in [4.69, 9.17) is 0 Å². The molecule has 0 saturated carbocycles. The molecule has 69 heavy (non-hydrogen) atoms. The lowest BCUT2D eigenvalue weighted by Gasteiger charge is -2.35. The molecule has 0 N–H and O–H groups in total. The summed E-state index contributed by atoms with van der Waals surface area (Å²) in [6, 6.07) is 94.4. The Morgan fingerprint density at radius 3 is 1.62 bits per heavy atom. The zero-order chi connectivity index (χ0) is 45.5. The number of nitrogens with zero attached hydrogens (tertiary/aromatic N) is 2. The van der Waals surface area contributed by atoms with Crippen molar-refractivity contribution in [1.29, 1.82) is 0 Å². The summed E-state index contributed by atoms with van der Waals surface area (Å²) >= 11 is 3.76. The molecule has 2 nitrogen and oxygen atoms in total. The standard InChI is InChI=1S/C65H42N2S2/c1-5-21-44(22-6-1)65(45-23-7-2-8-24-45)56-32-17-15-30-51(56)52-38-36-49(42-57(52)65)67(48-37-39-60-54(41-48)53-31-16-18-34-59(53)68-60)63-50-29-14-13-20-43(50)40-55-62-58(33-19-35-61(62)69-64(55)63)66(46-25-9-3-10-26-46)47-27-11-4-12-28-47/h1-42H. The summed E-state index contributed by atoms with van der Waals surface area (Å²) in [6.07, 6.45) is 0. The minimum Gasteiger partial charge on any atom is -0.310 e. The molecular formula is C65H42N2S2. The van der Waals surface area contributed by atoms with Gasteiger partial charge in [0.05, 0.1) is 21.5 Å². The van der Waals surface area contributed by atoms with E-state index >= 15 is 0 Å².